The van der Waals surface area contributed by atoms with Crippen molar-refractivity contribution in [2.75, 3.05) is 18.6 Å². The van der Waals surface area contributed by atoms with Gasteiger partial charge in [0.2, 0.25) is 0 Å². The molecule has 1 saturated heterocycles. The Balaban J connectivity index is 1.98. The van der Waals surface area contributed by atoms with Crippen LogP contribution in [0.5, 0.6) is 0 Å². The quantitative estimate of drug-likeness (QED) is 0.324. The molecule has 0 spiro atoms. The van der Waals surface area contributed by atoms with Gasteiger partial charge in [0.1, 0.15) is 6.10 Å². The molecule has 7 heteroatoms. The number of aliphatic hydroxyl groups is 1. The first kappa shape index (κ1) is 29.1. The van der Waals surface area contributed by atoms with Crippen LogP contribution in [-0.2, 0) is 14.3 Å². The zero-order valence-corrected chi connectivity index (χ0v) is 23.1. The number of carbonyl (C=O) groups is 2. The normalized spacial score (nSPS) is 20.6. The van der Waals surface area contributed by atoms with E-state index >= 15 is 0 Å². The van der Waals surface area contributed by atoms with Crippen LogP contribution in [0.25, 0.3) is 0 Å². The minimum atomic E-state index is -0.718. The van der Waals surface area contributed by atoms with Crippen LogP contribution in [0.4, 0.5) is 0 Å². The molecule has 1 N–H and O–H groups in total. The topological polar surface area (TPSA) is 72.8 Å². The summed E-state index contributed by atoms with van der Waals surface area (Å²) >= 11 is 4.05. The van der Waals surface area contributed by atoms with E-state index in [1.54, 1.807) is 19.1 Å². The lowest BCUT2D eigenvalue weighted by atomic mass is 9.83. The van der Waals surface area contributed by atoms with Gasteiger partial charge >= 0.3 is 11.9 Å². The second-order valence-corrected chi connectivity index (χ2v) is 12.8. The van der Waals surface area contributed by atoms with Gasteiger partial charge in [-0.25, -0.2) is 4.79 Å². The first-order chi connectivity index (χ1) is 16.1. The molecule has 5 nitrogen and oxygen atoms in total. The molecule has 1 aliphatic rings. The number of thioether (sulfide) groups is 2. The van der Waals surface area contributed by atoms with Crippen molar-refractivity contribution < 1.29 is 24.2 Å². The van der Waals surface area contributed by atoms with Gasteiger partial charge in [0.05, 0.1) is 28.8 Å². The second-order valence-electron chi connectivity index (χ2n) is 9.66. The van der Waals surface area contributed by atoms with Crippen molar-refractivity contribution in [3.63, 3.8) is 0 Å². The number of carbonyl (C=O) groups excluding carboxylic acids is 2. The highest BCUT2D eigenvalue weighted by Gasteiger charge is 2.42. The summed E-state index contributed by atoms with van der Waals surface area (Å²) in [6.07, 6.45) is 2.80. The van der Waals surface area contributed by atoms with Gasteiger partial charge in [0.15, 0.2) is 0 Å². The molecule has 192 valence electrons. The molecule has 2 rings (SSSR count). The minimum Gasteiger partial charge on any atom is -0.469 e. The molecular formula is C27H42O5S2. The number of esters is 2. The molecule has 0 unspecified atom stereocenters. The van der Waals surface area contributed by atoms with Crippen molar-refractivity contribution in [1.82, 2.24) is 0 Å². The summed E-state index contributed by atoms with van der Waals surface area (Å²) < 4.78 is 10.8. The van der Waals surface area contributed by atoms with E-state index in [0.717, 1.165) is 37.2 Å². The molecule has 1 aromatic rings. The van der Waals surface area contributed by atoms with Crippen LogP contribution in [0.15, 0.2) is 30.3 Å². The van der Waals surface area contributed by atoms with Gasteiger partial charge < -0.3 is 14.6 Å². The van der Waals surface area contributed by atoms with Crippen LogP contribution in [0.3, 0.4) is 0 Å². The number of ether oxygens (including phenoxy) is 2. The first-order valence-corrected chi connectivity index (χ1v) is 14.4. The lowest BCUT2D eigenvalue weighted by molar-refractivity contribution is -0.150. The highest BCUT2D eigenvalue weighted by molar-refractivity contribution is 8.21. The number of hydrogen-bond acceptors (Lipinski definition) is 7. The van der Waals surface area contributed by atoms with E-state index in [9.17, 15) is 14.7 Å². The molecule has 1 aliphatic heterocycles. The van der Waals surface area contributed by atoms with E-state index in [0.29, 0.717) is 11.5 Å². The Labute approximate surface area is 214 Å². The zero-order valence-electron chi connectivity index (χ0n) is 21.5. The Kier molecular flexibility index (Phi) is 11.8. The number of rotatable bonds is 13. The summed E-state index contributed by atoms with van der Waals surface area (Å²) in [7, 11) is 1.36. The van der Waals surface area contributed by atoms with Crippen LogP contribution in [-0.4, -0.2) is 51.9 Å². The van der Waals surface area contributed by atoms with Crippen molar-refractivity contribution in [3.05, 3.63) is 35.9 Å². The average molecular weight is 511 g/mol. The Morgan fingerprint density at radius 2 is 1.68 bits per heavy atom. The number of methoxy groups -OCH3 is 1. The average Bonchev–Trinajstić information content (AvgIpc) is 3.35. The summed E-state index contributed by atoms with van der Waals surface area (Å²) in [5.41, 5.74) is 0.592. The van der Waals surface area contributed by atoms with Crippen molar-refractivity contribution in [3.8, 4) is 0 Å². The molecule has 0 bridgehead atoms. The van der Waals surface area contributed by atoms with Crippen molar-refractivity contribution in [2.24, 2.45) is 23.7 Å². The van der Waals surface area contributed by atoms with Crippen LogP contribution >= 0.6 is 23.5 Å². The molecular weight excluding hydrogens is 468 g/mol. The maximum atomic E-state index is 12.6. The van der Waals surface area contributed by atoms with Crippen molar-refractivity contribution in [2.45, 2.75) is 76.6 Å². The molecule has 0 saturated carbocycles. The fraction of sp³-hybridized carbons (Fsp3) is 0.704. The molecule has 0 radical (unpaired) electrons. The molecule has 0 aromatic heterocycles. The standard InChI is InChI=1S/C27H42O5S2/c1-7-23(32-26(30)22-11-9-8-10-12-22)18(2)13-14-27(33-15-16-34-27)20(4)17-19(3)24(28)21(5)25(29)31-6/h8-12,18-21,23-24,28H,7,13-17H2,1-6H3/t18-,19+,20-,21-,23-,24+/m1/s1. The highest BCUT2D eigenvalue weighted by atomic mass is 32.2. The third-order valence-corrected chi connectivity index (χ3v) is 11.1. The third-order valence-electron chi connectivity index (χ3n) is 7.17. The monoisotopic (exact) mass is 510 g/mol. The van der Waals surface area contributed by atoms with E-state index in [4.69, 9.17) is 9.47 Å². The fourth-order valence-electron chi connectivity index (χ4n) is 4.84. The van der Waals surface area contributed by atoms with Gasteiger partial charge in [-0.1, -0.05) is 45.9 Å². The maximum absolute atomic E-state index is 12.6. The lowest BCUT2D eigenvalue weighted by Gasteiger charge is -2.38. The van der Waals surface area contributed by atoms with Crippen molar-refractivity contribution in [1.29, 1.82) is 0 Å². The molecule has 1 fully saturated rings. The largest absolute Gasteiger partial charge is 0.469 e. The highest BCUT2D eigenvalue weighted by Crippen LogP contribution is 2.54. The van der Waals surface area contributed by atoms with Gasteiger partial charge in [0.25, 0.3) is 0 Å². The predicted octanol–water partition coefficient (Wildman–Crippen LogP) is 6.05. The molecule has 0 aliphatic carbocycles. The van der Waals surface area contributed by atoms with Gasteiger partial charge in [-0.05, 0) is 62.5 Å². The number of aliphatic hydroxyl groups excluding tert-OH is 1. The summed E-state index contributed by atoms with van der Waals surface area (Å²) in [4.78, 5) is 24.4. The van der Waals surface area contributed by atoms with Crippen LogP contribution in [0, 0.1) is 23.7 Å². The van der Waals surface area contributed by atoms with Crippen LogP contribution in [0.1, 0.15) is 70.7 Å². The summed E-state index contributed by atoms with van der Waals surface area (Å²) in [5, 5.41) is 10.7. The minimum absolute atomic E-state index is 0.00424. The van der Waals surface area contributed by atoms with E-state index in [1.807, 2.05) is 48.6 Å². The summed E-state index contributed by atoms with van der Waals surface area (Å²) in [6.45, 7) is 10.3. The molecule has 6 atom stereocenters. The molecule has 1 heterocycles. The summed E-state index contributed by atoms with van der Waals surface area (Å²) in [6, 6.07) is 9.18. The zero-order chi connectivity index (χ0) is 25.3. The van der Waals surface area contributed by atoms with Gasteiger partial charge in [0, 0.05) is 11.5 Å². The Hall–Kier alpha value is -1.18. The van der Waals surface area contributed by atoms with E-state index in [-0.39, 0.29) is 34.0 Å². The SMILES string of the molecule is CC[C@@H](OC(=O)c1ccccc1)[C@H](C)CCC1([C@H](C)C[C@H](C)[C@H](O)[C@@H](C)C(=O)OC)SCCS1. The Morgan fingerprint density at radius 1 is 1.06 bits per heavy atom. The second kappa shape index (κ2) is 13.8. The number of hydrogen-bond donors (Lipinski definition) is 1. The van der Waals surface area contributed by atoms with E-state index in [2.05, 4.69) is 20.8 Å². The number of benzene rings is 1. The predicted molar refractivity (Wildman–Crippen MR) is 142 cm³/mol. The van der Waals surface area contributed by atoms with Crippen molar-refractivity contribution >= 4 is 35.5 Å². The van der Waals surface area contributed by atoms with Gasteiger partial charge in [-0.2, -0.15) is 0 Å². The van der Waals surface area contributed by atoms with Gasteiger partial charge in [-0.3, -0.25) is 4.79 Å². The van der Waals surface area contributed by atoms with Crippen LogP contribution < -0.4 is 0 Å². The van der Waals surface area contributed by atoms with Gasteiger partial charge in [-0.15, -0.1) is 23.5 Å². The Bertz CT molecular complexity index is 766. The lowest BCUT2D eigenvalue weighted by Crippen LogP contribution is -2.36. The molecule has 1 aromatic carbocycles. The smallest absolute Gasteiger partial charge is 0.338 e. The third kappa shape index (κ3) is 7.66. The molecule has 34 heavy (non-hydrogen) atoms. The fourth-order valence-corrected chi connectivity index (χ4v) is 8.31. The first-order valence-electron chi connectivity index (χ1n) is 12.4. The summed E-state index contributed by atoms with van der Waals surface area (Å²) in [5.74, 6) is 1.72. The molecule has 0 amide bonds. The van der Waals surface area contributed by atoms with E-state index < -0.39 is 12.0 Å². The van der Waals surface area contributed by atoms with Crippen LogP contribution in [0.2, 0.25) is 0 Å². The Morgan fingerprint density at radius 3 is 2.24 bits per heavy atom. The van der Waals surface area contributed by atoms with E-state index in [1.165, 1.54) is 7.11 Å². The maximum Gasteiger partial charge on any atom is 0.338 e.